The van der Waals surface area contributed by atoms with E-state index in [9.17, 15) is 9.59 Å². The number of aryl methyl sites for hydroxylation is 1. The second-order valence-electron chi connectivity index (χ2n) is 8.23. The van der Waals surface area contributed by atoms with Crippen molar-refractivity contribution in [3.05, 3.63) is 23.8 Å². The zero-order valence-electron chi connectivity index (χ0n) is 15.5. The normalized spacial score (nSPS) is 28.3. The number of hydrogen-bond acceptors (Lipinski definition) is 4. The van der Waals surface area contributed by atoms with Gasteiger partial charge in [-0.3, -0.25) is 14.6 Å². The Morgan fingerprint density at radius 3 is 2.38 bits per heavy atom. The number of piperidine rings is 1. The largest absolute Gasteiger partial charge is 0.348 e. The highest BCUT2D eigenvalue weighted by Gasteiger charge is 2.43. The lowest BCUT2D eigenvalue weighted by atomic mass is 9.95. The Morgan fingerprint density at radius 1 is 1.08 bits per heavy atom. The van der Waals surface area contributed by atoms with Gasteiger partial charge >= 0.3 is 0 Å². The van der Waals surface area contributed by atoms with E-state index in [0.717, 1.165) is 37.8 Å². The summed E-state index contributed by atoms with van der Waals surface area (Å²) in [6, 6.07) is 0.702. The first kappa shape index (κ1) is 17.4. The molecule has 1 aromatic rings. The number of amides is 2. The summed E-state index contributed by atoms with van der Waals surface area (Å²) in [4.78, 5) is 35.7. The molecule has 0 spiro atoms. The van der Waals surface area contributed by atoms with Gasteiger partial charge in [0.2, 0.25) is 5.91 Å². The van der Waals surface area contributed by atoms with Crippen molar-refractivity contribution in [2.75, 3.05) is 0 Å². The van der Waals surface area contributed by atoms with Crippen LogP contribution >= 0.6 is 0 Å². The second kappa shape index (κ2) is 7.33. The number of rotatable bonds is 4. The summed E-state index contributed by atoms with van der Waals surface area (Å²) in [5, 5.41) is 3.11. The Hall–Kier alpha value is -1.98. The highest BCUT2D eigenvalue weighted by molar-refractivity contribution is 5.92. The van der Waals surface area contributed by atoms with Crippen molar-refractivity contribution in [2.45, 2.75) is 82.8 Å². The number of fused-ring (bicyclic) bond motifs is 2. The molecule has 1 aliphatic carbocycles. The summed E-state index contributed by atoms with van der Waals surface area (Å²) in [6.07, 6.45) is 12.7. The Labute approximate surface area is 154 Å². The fraction of sp³-hybridized carbons (Fsp3) is 0.700. The van der Waals surface area contributed by atoms with Gasteiger partial charge in [-0.05, 0) is 51.4 Å². The third-order valence-corrected chi connectivity index (χ3v) is 6.31. The van der Waals surface area contributed by atoms with Gasteiger partial charge in [0.05, 0.1) is 11.9 Å². The van der Waals surface area contributed by atoms with E-state index in [1.165, 1.54) is 31.9 Å². The fourth-order valence-corrected chi connectivity index (χ4v) is 5.04. The molecule has 2 aliphatic heterocycles. The maximum atomic E-state index is 12.8. The number of carbonyl (C=O) groups excluding carboxylic acids is 2. The van der Waals surface area contributed by atoms with Crippen molar-refractivity contribution in [2.24, 2.45) is 5.92 Å². The minimum Gasteiger partial charge on any atom is -0.348 e. The smallest absolute Gasteiger partial charge is 0.271 e. The topological polar surface area (TPSA) is 75.2 Å². The molecular weight excluding hydrogens is 328 g/mol. The molecule has 3 fully saturated rings. The van der Waals surface area contributed by atoms with E-state index in [0.29, 0.717) is 17.5 Å². The van der Waals surface area contributed by atoms with E-state index >= 15 is 0 Å². The first-order chi connectivity index (χ1) is 12.6. The summed E-state index contributed by atoms with van der Waals surface area (Å²) in [5.41, 5.74) is 1.16. The van der Waals surface area contributed by atoms with Crippen LogP contribution in [0.25, 0.3) is 0 Å². The van der Waals surface area contributed by atoms with Crippen molar-refractivity contribution in [1.82, 2.24) is 20.2 Å². The van der Waals surface area contributed by atoms with E-state index in [-0.39, 0.29) is 24.0 Å². The Bertz CT molecular complexity index is 655. The van der Waals surface area contributed by atoms with E-state index in [2.05, 4.69) is 20.2 Å². The summed E-state index contributed by atoms with van der Waals surface area (Å²) < 4.78 is 0. The van der Waals surface area contributed by atoms with Crippen molar-refractivity contribution in [3.63, 3.8) is 0 Å². The first-order valence-electron chi connectivity index (χ1n) is 10.0. The maximum Gasteiger partial charge on any atom is 0.271 e. The number of carbonyl (C=O) groups is 2. The number of nitrogens with zero attached hydrogens (tertiary/aromatic N) is 3. The number of aromatic nitrogens is 2. The molecule has 2 bridgehead atoms. The third-order valence-electron chi connectivity index (χ3n) is 6.31. The van der Waals surface area contributed by atoms with Gasteiger partial charge in [0, 0.05) is 30.7 Å². The van der Waals surface area contributed by atoms with Crippen LogP contribution in [0.3, 0.4) is 0 Å². The first-order valence-corrected chi connectivity index (χ1v) is 10.0. The predicted molar refractivity (Wildman–Crippen MR) is 97.5 cm³/mol. The minimum atomic E-state index is -0.160. The highest BCUT2D eigenvalue weighted by atomic mass is 16.2. The molecule has 6 nitrogen and oxygen atoms in total. The van der Waals surface area contributed by atoms with E-state index in [1.807, 2.05) is 6.92 Å². The Balaban J connectivity index is 1.34. The highest BCUT2D eigenvalue weighted by Crippen LogP contribution is 2.38. The van der Waals surface area contributed by atoms with Crippen LogP contribution < -0.4 is 5.32 Å². The average molecular weight is 356 g/mol. The molecule has 4 rings (SSSR count). The summed E-state index contributed by atoms with van der Waals surface area (Å²) in [6.45, 7) is 1.85. The van der Waals surface area contributed by atoms with Gasteiger partial charge in [-0.15, -0.1) is 0 Å². The molecule has 0 aromatic carbocycles. The molecule has 6 heteroatoms. The minimum absolute atomic E-state index is 0.124. The Kier molecular flexibility index (Phi) is 4.92. The van der Waals surface area contributed by atoms with Gasteiger partial charge in [-0.2, -0.15) is 0 Å². The zero-order chi connectivity index (χ0) is 18.1. The molecule has 3 aliphatic rings. The van der Waals surface area contributed by atoms with Gasteiger partial charge < -0.3 is 10.2 Å². The molecule has 3 heterocycles. The second-order valence-corrected chi connectivity index (χ2v) is 8.23. The van der Waals surface area contributed by atoms with Gasteiger partial charge in [0.25, 0.3) is 5.91 Å². The average Bonchev–Trinajstić information content (AvgIpc) is 3.21. The van der Waals surface area contributed by atoms with Crippen LogP contribution in [0.15, 0.2) is 12.4 Å². The maximum absolute atomic E-state index is 12.8. The molecule has 1 N–H and O–H groups in total. The fourth-order valence-electron chi connectivity index (χ4n) is 5.04. The van der Waals surface area contributed by atoms with E-state index in [4.69, 9.17) is 0 Å². The molecule has 1 saturated carbocycles. The quantitative estimate of drug-likeness (QED) is 0.900. The van der Waals surface area contributed by atoms with Gasteiger partial charge in [0.15, 0.2) is 0 Å². The van der Waals surface area contributed by atoms with Crippen LogP contribution in [-0.2, 0) is 4.79 Å². The van der Waals surface area contributed by atoms with Gasteiger partial charge in [0.1, 0.15) is 5.69 Å². The zero-order valence-corrected chi connectivity index (χ0v) is 15.5. The summed E-state index contributed by atoms with van der Waals surface area (Å²) in [5.74, 6) is 0.783. The SMILES string of the molecule is Cc1cnc(C(=O)NC2C[C@H]3CC[C@@H](C2)N3C(=O)CC2CCCC2)cn1. The summed E-state index contributed by atoms with van der Waals surface area (Å²) in [7, 11) is 0. The lowest BCUT2D eigenvalue weighted by Crippen LogP contribution is -2.52. The van der Waals surface area contributed by atoms with Gasteiger partial charge in [-0.25, -0.2) is 4.98 Å². The molecule has 26 heavy (non-hydrogen) atoms. The van der Waals surface area contributed by atoms with E-state index in [1.54, 1.807) is 6.20 Å². The molecular formula is C20H28N4O2. The lowest BCUT2D eigenvalue weighted by Gasteiger charge is -2.39. The molecule has 1 unspecified atom stereocenters. The summed E-state index contributed by atoms with van der Waals surface area (Å²) >= 11 is 0. The van der Waals surface area contributed by atoms with Crippen molar-refractivity contribution in [1.29, 1.82) is 0 Å². The van der Waals surface area contributed by atoms with Crippen LogP contribution in [-0.4, -0.2) is 44.8 Å². The van der Waals surface area contributed by atoms with Crippen LogP contribution in [0.2, 0.25) is 0 Å². The molecule has 2 amide bonds. The molecule has 140 valence electrons. The van der Waals surface area contributed by atoms with E-state index < -0.39 is 0 Å². The monoisotopic (exact) mass is 356 g/mol. The lowest BCUT2D eigenvalue weighted by molar-refractivity contribution is -0.136. The predicted octanol–water partition coefficient (Wildman–Crippen LogP) is 2.62. The number of hydrogen-bond donors (Lipinski definition) is 1. The molecule has 1 aromatic heterocycles. The van der Waals surface area contributed by atoms with Crippen molar-refractivity contribution >= 4 is 11.8 Å². The Morgan fingerprint density at radius 2 is 1.77 bits per heavy atom. The van der Waals surface area contributed by atoms with Crippen LogP contribution in [0, 0.1) is 12.8 Å². The van der Waals surface area contributed by atoms with Crippen LogP contribution in [0.4, 0.5) is 0 Å². The molecule has 2 saturated heterocycles. The number of nitrogens with one attached hydrogen (secondary N) is 1. The van der Waals surface area contributed by atoms with Gasteiger partial charge in [-0.1, -0.05) is 12.8 Å². The standard InChI is InChI=1S/C20H28N4O2/c1-13-11-22-18(12-21-13)20(26)23-15-9-16-6-7-17(10-15)24(16)19(25)8-14-4-2-3-5-14/h11-12,14-17H,2-10H2,1H3,(H,23,26)/t15?,16-,17+. The molecule has 3 atom stereocenters. The van der Waals surface area contributed by atoms with Crippen molar-refractivity contribution < 1.29 is 9.59 Å². The van der Waals surface area contributed by atoms with Crippen molar-refractivity contribution in [3.8, 4) is 0 Å². The van der Waals surface area contributed by atoms with Crippen LogP contribution in [0.1, 0.15) is 74.0 Å². The molecule has 0 radical (unpaired) electrons. The third kappa shape index (κ3) is 3.60. The van der Waals surface area contributed by atoms with Crippen LogP contribution in [0.5, 0.6) is 0 Å².